The molecule has 4 heterocycles. The van der Waals surface area contributed by atoms with Crippen LogP contribution in [0.2, 0.25) is 0 Å². The van der Waals surface area contributed by atoms with Crippen molar-refractivity contribution in [3.8, 4) is 16.2 Å². The zero-order chi connectivity index (χ0) is 50.1. The van der Waals surface area contributed by atoms with E-state index in [0.29, 0.717) is 18.5 Å². The highest BCUT2D eigenvalue weighted by Crippen LogP contribution is 2.50. The second-order valence-electron chi connectivity index (χ2n) is 20.5. The van der Waals surface area contributed by atoms with Crippen LogP contribution in [0, 0.1) is 24.0 Å². The van der Waals surface area contributed by atoms with Gasteiger partial charge in [-0.2, -0.15) is 0 Å². The zero-order valence-electron chi connectivity index (χ0n) is 40.7. The normalized spacial score (nSPS) is 19.7. The Morgan fingerprint density at radius 3 is 2.33 bits per heavy atom. The third kappa shape index (κ3) is 11.5. The Labute approximate surface area is 411 Å². The number of carbonyl (C=O) groups is 3. The lowest BCUT2D eigenvalue weighted by Gasteiger charge is -2.44. The summed E-state index contributed by atoms with van der Waals surface area (Å²) in [5.74, 6) is -2.82. The summed E-state index contributed by atoms with van der Waals surface area (Å²) in [5.41, 5.74) is 7.63. The predicted molar refractivity (Wildman–Crippen MR) is 264 cm³/mol. The third-order valence-electron chi connectivity index (χ3n) is 13.3. The first kappa shape index (κ1) is 50.4. The highest BCUT2D eigenvalue weighted by molar-refractivity contribution is 7.13. The molecule has 370 valence electrons. The Hall–Kier alpha value is -5.94. The SMILES string of the molecule is Cc1ncsc1-c1ccc(CNC(=O)[C@@H]2C[C@@H](O)CN2C(=O)[C@@H](NC(=O)CNCc2ccc(COc3cc(F)c([C@@H]4C5=C(C[C@@H](C)N4CC(C)(C)F)c4ccccc4C5)c(F)c3)nc2)C(C)(C)C)cc1. The van der Waals surface area contributed by atoms with Crippen LogP contribution in [0.1, 0.15) is 99.6 Å². The molecule has 1 fully saturated rings. The van der Waals surface area contributed by atoms with Crippen molar-refractivity contribution in [1.82, 2.24) is 35.7 Å². The number of hydrogen-bond donors (Lipinski definition) is 4. The monoisotopic (exact) mass is 977 g/mol. The summed E-state index contributed by atoms with van der Waals surface area (Å²) >= 11 is 1.56. The summed E-state index contributed by atoms with van der Waals surface area (Å²) in [5, 5.41) is 19.5. The summed E-state index contributed by atoms with van der Waals surface area (Å²) in [6.45, 7) is 12.7. The van der Waals surface area contributed by atoms with Crippen molar-refractivity contribution in [1.29, 1.82) is 0 Å². The van der Waals surface area contributed by atoms with Gasteiger partial charge in [0.2, 0.25) is 17.7 Å². The molecular weight excluding hydrogens is 916 g/mol. The summed E-state index contributed by atoms with van der Waals surface area (Å²) < 4.78 is 53.5. The number of fused-ring (bicyclic) bond motifs is 2. The predicted octanol–water partition coefficient (Wildman–Crippen LogP) is 8.16. The maximum absolute atomic E-state index is 16.2. The van der Waals surface area contributed by atoms with Crippen molar-refractivity contribution in [2.75, 3.05) is 19.6 Å². The lowest BCUT2D eigenvalue weighted by molar-refractivity contribution is -0.144. The average Bonchev–Trinajstić information content (AvgIpc) is 4.03. The number of aromatic nitrogens is 2. The number of aliphatic hydroxyl groups is 1. The number of rotatable bonds is 16. The molecule has 5 atom stereocenters. The molecule has 3 aliphatic rings. The number of thiazole rings is 1. The fourth-order valence-electron chi connectivity index (χ4n) is 9.87. The molecule has 0 saturated carbocycles. The average molecular weight is 978 g/mol. The number of aliphatic hydroxyl groups excluding tert-OH is 1. The summed E-state index contributed by atoms with van der Waals surface area (Å²) in [4.78, 5) is 54.0. The topological polar surface area (TPSA) is 149 Å². The number of nitrogens with one attached hydrogen (secondary N) is 3. The Morgan fingerprint density at radius 2 is 1.67 bits per heavy atom. The summed E-state index contributed by atoms with van der Waals surface area (Å²) in [7, 11) is 0. The minimum absolute atomic E-state index is 0.00515. The number of benzene rings is 3. The molecular formula is C54H62F3N7O5S. The number of hydrogen-bond acceptors (Lipinski definition) is 10. The van der Waals surface area contributed by atoms with Crippen LogP contribution in [-0.2, 0) is 40.5 Å². The highest BCUT2D eigenvalue weighted by atomic mass is 32.1. The van der Waals surface area contributed by atoms with Crippen molar-refractivity contribution in [2.24, 2.45) is 5.41 Å². The van der Waals surface area contributed by atoms with Gasteiger partial charge >= 0.3 is 0 Å². The van der Waals surface area contributed by atoms with Crippen molar-refractivity contribution in [2.45, 2.75) is 123 Å². The molecule has 3 amide bonds. The Kier molecular flexibility index (Phi) is 15.0. The van der Waals surface area contributed by atoms with E-state index in [1.54, 1.807) is 35.2 Å². The van der Waals surface area contributed by atoms with E-state index in [2.05, 4.69) is 25.9 Å². The van der Waals surface area contributed by atoms with E-state index in [-0.39, 0.29) is 69.0 Å². The first-order chi connectivity index (χ1) is 33.2. The van der Waals surface area contributed by atoms with Gasteiger partial charge in [-0.05, 0) is 91.0 Å². The summed E-state index contributed by atoms with van der Waals surface area (Å²) in [6, 6.07) is 18.8. The number of alkyl halides is 1. The molecule has 8 rings (SSSR count). The van der Waals surface area contributed by atoms with E-state index in [1.165, 1.54) is 30.9 Å². The molecule has 0 radical (unpaired) electrons. The van der Waals surface area contributed by atoms with Crippen LogP contribution in [0.5, 0.6) is 5.75 Å². The Bertz CT molecular complexity index is 2730. The molecule has 4 N–H and O–H groups in total. The van der Waals surface area contributed by atoms with Crippen LogP contribution < -0.4 is 20.7 Å². The lowest BCUT2D eigenvalue weighted by atomic mass is 9.84. The number of ether oxygens (including phenoxy) is 1. The molecule has 70 heavy (non-hydrogen) atoms. The maximum atomic E-state index is 16.2. The van der Waals surface area contributed by atoms with E-state index < -0.39 is 58.8 Å². The van der Waals surface area contributed by atoms with Crippen molar-refractivity contribution in [3.05, 3.63) is 141 Å². The van der Waals surface area contributed by atoms with Crippen LogP contribution in [0.4, 0.5) is 13.2 Å². The third-order valence-corrected chi connectivity index (χ3v) is 14.3. The number of likely N-dealkylation sites (tertiary alicyclic amines) is 1. The molecule has 12 nitrogen and oxygen atoms in total. The minimum atomic E-state index is -1.59. The molecule has 3 aromatic carbocycles. The van der Waals surface area contributed by atoms with Gasteiger partial charge in [0.1, 0.15) is 41.7 Å². The quantitative estimate of drug-likeness (QED) is 0.0769. The maximum Gasteiger partial charge on any atom is 0.246 e. The Morgan fingerprint density at radius 1 is 0.957 bits per heavy atom. The molecule has 2 aromatic heterocycles. The first-order valence-electron chi connectivity index (χ1n) is 23.8. The standard InChI is InChI=1S/C54H62F3N7O5S/c1-31-18-41-40-11-9-8-10-36(40)19-42(41)48(64(31)29-54(6,7)57)47-43(55)21-39(22-44(47)56)69-28-37-17-14-34(25-59-37)23-58-26-46(66)62-50(53(3,4)5)52(68)63-27-38(65)20-45(63)51(67)60-24-33-12-15-35(16-13-33)49-32(2)61-30-70-49/h8-17,21-22,25,30-31,38,45,48,50,58,65H,18-20,23-24,26-29H2,1-7H3,(H,60,67)(H,62,66)/t31-,38-,45+,48+,50-/m1/s1. The number of carbonyl (C=O) groups excluding carboxylic acids is 3. The van der Waals surface area contributed by atoms with E-state index in [1.807, 2.05) is 88.0 Å². The van der Waals surface area contributed by atoms with Crippen LogP contribution in [0.25, 0.3) is 16.0 Å². The van der Waals surface area contributed by atoms with Crippen molar-refractivity contribution in [3.63, 3.8) is 0 Å². The fourth-order valence-corrected chi connectivity index (χ4v) is 10.7. The number of aryl methyl sites for hydroxylation is 1. The second-order valence-corrected chi connectivity index (χ2v) is 21.3. The van der Waals surface area contributed by atoms with E-state index in [0.717, 1.165) is 49.5 Å². The van der Waals surface area contributed by atoms with Crippen molar-refractivity contribution < 1.29 is 37.4 Å². The number of amides is 3. The van der Waals surface area contributed by atoms with Gasteiger partial charge in [-0.25, -0.2) is 18.2 Å². The molecule has 1 saturated heterocycles. The van der Waals surface area contributed by atoms with Crippen LogP contribution in [0.15, 0.2) is 90.1 Å². The van der Waals surface area contributed by atoms with Crippen LogP contribution in [-0.4, -0.2) is 92.1 Å². The highest BCUT2D eigenvalue weighted by Gasteiger charge is 2.45. The molecule has 0 spiro atoms. The zero-order valence-corrected chi connectivity index (χ0v) is 41.6. The molecule has 0 unspecified atom stereocenters. The van der Waals surface area contributed by atoms with Gasteiger partial charge in [-0.15, -0.1) is 11.3 Å². The number of β-amino-alcohol motifs (C(OH)–C–C–N with tert-alkyl or cyclic N) is 1. The number of nitrogens with zero attached hydrogens (tertiary/aromatic N) is 4. The van der Waals surface area contributed by atoms with Gasteiger partial charge in [0.15, 0.2) is 0 Å². The van der Waals surface area contributed by atoms with Gasteiger partial charge < -0.3 is 30.7 Å². The van der Waals surface area contributed by atoms with E-state index in [4.69, 9.17) is 4.74 Å². The van der Waals surface area contributed by atoms with Crippen LogP contribution >= 0.6 is 11.3 Å². The van der Waals surface area contributed by atoms with Gasteiger partial charge in [-0.1, -0.05) is 75.4 Å². The Balaban J connectivity index is 0.836. The van der Waals surface area contributed by atoms with E-state index in [9.17, 15) is 19.5 Å². The minimum Gasteiger partial charge on any atom is -0.487 e. The number of pyridine rings is 1. The largest absolute Gasteiger partial charge is 0.487 e. The molecule has 0 bridgehead atoms. The molecule has 16 heteroatoms. The summed E-state index contributed by atoms with van der Waals surface area (Å²) in [6.07, 6.45) is 1.98. The second kappa shape index (κ2) is 20.8. The molecule has 5 aromatic rings. The van der Waals surface area contributed by atoms with Gasteiger partial charge in [0.25, 0.3) is 0 Å². The van der Waals surface area contributed by atoms with Crippen molar-refractivity contribution >= 4 is 34.6 Å². The van der Waals surface area contributed by atoms with E-state index >= 15 is 13.2 Å². The first-order valence-corrected chi connectivity index (χ1v) is 24.7. The lowest BCUT2D eigenvalue weighted by Crippen LogP contribution is -2.58. The fraction of sp³-hybridized carbons (Fsp3) is 0.426. The van der Waals surface area contributed by atoms with Crippen LogP contribution in [0.3, 0.4) is 0 Å². The van der Waals surface area contributed by atoms with Gasteiger partial charge in [-0.3, -0.25) is 24.3 Å². The number of halogens is 3. The molecule has 2 aliphatic heterocycles. The molecule has 1 aliphatic carbocycles. The smallest absolute Gasteiger partial charge is 0.246 e. The van der Waals surface area contributed by atoms with Gasteiger partial charge in [0.05, 0.1) is 40.5 Å². The van der Waals surface area contributed by atoms with Gasteiger partial charge in [0, 0.05) is 62.5 Å².